The van der Waals surface area contributed by atoms with Crippen molar-refractivity contribution < 1.29 is 18.0 Å². The van der Waals surface area contributed by atoms with Crippen LogP contribution in [0.25, 0.3) is 16.6 Å². The lowest BCUT2D eigenvalue weighted by molar-refractivity contribution is -0.137. The van der Waals surface area contributed by atoms with Crippen LogP contribution in [0.3, 0.4) is 0 Å². The molecule has 2 N–H and O–H groups in total. The molecule has 0 aliphatic heterocycles. The summed E-state index contributed by atoms with van der Waals surface area (Å²) in [6.45, 7) is 2.23. The summed E-state index contributed by atoms with van der Waals surface area (Å²) in [5.74, 6) is 0.328. The molecule has 11 heteroatoms. The molecule has 4 heterocycles. The fourth-order valence-electron chi connectivity index (χ4n) is 3.82. The van der Waals surface area contributed by atoms with E-state index in [-0.39, 0.29) is 11.6 Å². The molecule has 0 spiro atoms. The van der Waals surface area contributed by atoms with Crippen molar-refractivity contribution in [3.8, 4) is 0 Å². The third-order valence-corrected chi connectivity index (χ3v) is 5.90. The van der Waals surface area contributed by atoms with Gasteiger partial charge in [0.2, 0.25) is 0 Å². The van der Waals surface area contributed by atoms with Gasteiger partial charge in [-0.2, -0.15) is 13.2 Å². The first-order valence-electron chi connectivity index (χ1n) is 10.4. The maximum Gasteiger partial charge on any atom is 0.417 e. The standard InChI is InChI=1S/C22H20F3N7O/c1-12(15-5-4-14(7-28-15)22(23,24)25)31(10-13-2-3-13)21(33)16-6-18-17(8-29-16)30-20(26)19-9-27-11-32(18)19/h4-9,11-13H,2-3,10H2,1H3,(H2,26,30). The molecule has 1 saturated carbocycles. The summed E-state index contributed by atoms with van der Waals surface area (Å²) >= 11 is 0. The molecular formula is C22H20F3N7O. The third kappa shape index (κ3) is 3.94. The Hall–Kier alpha value is -3.76. The molecule has 0 bridgehead atoms. The maximum absolute atomic E-state index is 13.5. The number of pyridine rings is 2. The van der Waals surface area contributed by atoms with Gasteiger partial charge in [0.05, 0.1) is 41.5 Å². The Morgan fingerprint density at radius 3 is 2.67 bits per heavy atom. The number of carbonyl (C=O) groups excluding carboxylic acids is 1. The Balaban J connectivity index is 1.50. The van der Waals surface area contributed by atoms with Crippen molar-refractivity contribution in [2.24, 2.45) is 5.92 Å². The third-order valence-electron chi connectivity index (χ3n) is 5.90. The zero-order valence-electron chi connectivity index (χ0n) is 17.6. The second-order valence-corrected chi connectivity index (χ2v) is 8.25. The average molecular weight is 455 g/mol. The number of fused-ring (bicyclic) bond motifs is 3. The first-order valence-corrected chi connectivity index (χ1v) is 10.4. The quantitative estimate of drug-likeness (QED) is 0.490. The number of anilines is 1. The number of amides is 1. The van der Waals surface area contributed by atoms with E-state index in [9.17, 15) is 18.0 Å². The number of halogens is 3. The zero-order chi connectivity index (χ0) is 23.3. The summed E-state index contributed by atoms with van der Waals surface area (Å²) in [4.78, 5) is 31.9. The van der Waals surface area contributed by atoms with Crippen molar-refractivity contribution in [1.29, 1.82) is 0 Å². The Morgan fingerprint density at radius 1 is 1.21 bits per heavy atom. The van der Waals surface area contributed by atoms with E-state index < -0.39 is 17.8 Å². The van der Waals surface area contributed by atoms with E-state index in [2.05, 4.69) is 19.9 Å². The van der Waals surface area contributed by atoms with Crippen LogP contribution in [0.1, 0.15) is 47.6 Å². The predicted molar refractivity (Wildman–Crippen MR) is 114 cm³/mol. The van der Waals surface area contributed by atoms with Gasteiger partial charge < -0.3 is 10.6 Å². The zero-order valence-corrected chi connectivity index (χ0v) is 17.6. The molecule has 5 rings (SSSR count). The van der Waals surface area contributed by atoms with Gasteiger partial charge in [-0.25, -0.2) is 15.0 Å². The molecule has 8 nitrogen and oxygen atoms in total. The summed E-state index contributed by atoms with van der Waals surface area (Å²) in [5.41, 5.74) is 7.47. The van der Waals surface area contributed by atoms with Crippen LogP contribution in [-0.2, 0) is 6.18 Å². The highest BCUT2D eigenvalue weighted by Crippen LogP contribution is 2.34. The van der Waals surface area contributed by atoms with Crippen LogP contribution in [-0.4, -0.2) is 41.7 Å². The van der Waals surface area contributed by atoms with Crippen LogP contribution in [0, 0.1) is 5.92 Å². The van der Waals surface area contributed by atoms with Gasteiger partial charge in [0.15, 0.2) is 0 Å². The highest BCUT2D eigenvalue weighted by atomic mass is 19.4. The fourth-order valence-corrected chi connectivity index (χ4v) is 3.82. The van der Waals surface area contributed by atoms with Gasteiger partial charge in [0, 0.05) is 12.7 Å². The van der Waals surface area contributed by atoms with Gasteiger partial charge in [0.1, 0.15) is 22.5 Å². The minimum atomic E-state index is -4.47. The number of carbonyl (C=O) groups is 1. The van der Waals surface area contributed by atoms with Crippen molar-refractivity contribution in [2.75, 3.05) is 12.3 Å². The second kappa shape index (κ2) is 7.68. The SMILES string of the molecule is CC(c1ccc(C(F)(F)F)cn1)N(CC1CC1)C(=O)c1cc2c(cn1)nc(N)c1cncn12. The lowest BCUT2D eigenvalue weighted by Crippen LogP contribution is -2.36. The monoisotopic (exact) mass is 455 g/mol. The van der Waals surface area contributed by atoms with Crippen LogP contribution >= 0.6 is 0 Å². The molecule has 33 heavy (non-hydrogen) atoms. The Bertz CT molecular complexity index is 1350. The van der Waals surface area contributed by atoms with Gasteiger partial charge in [-0.1, -0.05) is 0 Å². The van der Waals surface area contributed by atoms with E-state index in [1.165, 1.54) is 12.3 Å². The number of nitrogen functional groups attached to an aromatic ring is 1. The normalized spacial score (nSPS) is 15.2. The van der Waals surface area contributed by atoms with Gasteiger partial charge >= 0.3 is 6.18 Å². The van der Waals surface area contributed by atoms with E-state index in [0.717, 1.165) is 25.1 Å². The average Bonchev–Trinajstić information content (AvgIpc) is 3.47. The van der Waals surface area contributed by atoms with Crippen LogP contribution in [0.2, 0.25) is 0 Å². The van der Waals surface area contributed by atoms with Gasteiger partial charge in [-0.3, -0.25) is 14.2 Å². The Labute approximate surface area is 186 Å². The minimum Gasteiger partial charge on any atom is -0.382 e. The Kier molecular flexibility index (Phi) is 4.91. The molecule has 1 unspecified atom stereocenters. The molecule has 1 aliphatic rings. The van der Waals surface area contributed by atoms with Crippen molar-refractivity contribution >= 4 is 28.3 Å². The molecule has 0 aromatic carbocycles. The van der Waals surface area contributed by atoms with Crippen LogP contribution in [0.4, 0.5) is 19.0 Å². The number of hydrogen-bond acceptors (Lipinski definition) is 6. The highest BCUT2D eigenvalue weighted by Gasteiger charge is 2.34. The summed E-state index contributed by atoms with van der Waals surface area (Å²) in [6.07, 6.45) is 2.98. The predicted octanol–water partition coefficient (Wildman–Crippen LogP) is 3.89. The fraction of sp³-hybridized carbons (Fsp3) is 0.318. The van der Waals surface area contributed by atoms with Crippen molar-refractivity contribution in [2.45, 2.75) is 32.0 Å². The summed E-state index contributed by atoms with van der Waals surface area (Å²) in [7, 11) is 0. The molecule has 1 fully saturated rings. The molecular weight excluding hydrogens is 435 g/mol. The van der Waals surface area contributed by atoms with Crippen molar-refractivity contribution in [3.05, 3.63) is 60.1 Å². The number of nitrogens with two attached hydrogens (primary N) is 1. The number of nitrogens with zero attached hydrogens (tertiary/aromatic N) is 6. The molecule has 4 aromatic heterocycles. The van der Waals surface area contributed by atoms with E-state index in [1.54, 1.807) is 34.8 Å². The number of aromatic nitrogens is 5. The van der Waals surface area contributed by atoms with Crippen molar-refractivity contribution in [1.82, 2.24) is 29.2 Å². The topological polar surface area (TPSA) is 102 Å². The first kappa shape index (κ1) is 21.1. The molecule has 1 aliphatic carbocycles. The first-order chi connectivity index (χ1) is 15.7. The van der Waals surface area contributed by atoms with Gasteiger partial charge in [-0.15, -0.1) is 0 Å². The second-order valence-electron chi connectivity index (χ2n) is 8.25. The molecule has 0 radical (unpaired) electrons. The largest absolute Gasteiger partial charge is 0.417 e. The molecule has 1 atom stereocenters. The number of imidazole rings is 1. The molecule has 4 aromatic rings. The van der Waals surface area contributed by atoms with E-state index >= 15 is 0 Å². The molecule has 1 amide bonds. The van der Waals surface area contributed by atoms with E-state index in [1.807, 2.05) is 0 Å². The summed E-state index contributed by atoms with van der Waals surface area (Å²) in [6, 6.07) is 3.40. The van der Waals surface area contributed by atoms with Crippen LogP contribution < -0.4 is 5.73 Å². The molecule has 0 saturated heterocycles. The number of rotatable bonds is 5. The van der Waals surface area contributed by atoms with Crippen LogP contribution in [0.15, 0.2) is 43.1 Å². The van der Waals surface area contributed by atoms with E-state index in [4.69, 9.17) is 5.73 Å². The highest BCUT2D eigenvalue weighted by molar-refractivity contribution is 5.96. The maximum atomic E-state index is 13.5. The number of hydrogen-bond donors (Lipinski definition) is 1. The Morgan fingerprint density at radius 2 is 2.00 bits per heavy atom. The summed E-state index contributed by atoms with van der Waals surface area (Å²) in [5, 5.41) is 0. The van der Waals surface area contributed by atoms with Crippen LogP contribution in [0.5, 0.6) is 0 Å². The lowest BCUT2D eigenvalue weighted by Gasteiger charge is -2.29. The lowest BCUT2D eigenvalue weighted by atomic mass is 10.1. The summed E-state index contributed by atoms with van der Waals surface area (Å²) < 4.78 is 40.5. The minimum absolute atomic E-state index is 0.198. The number of alkyl halides is 3. The smallest absolute Gasteiger partial charge is 0.382 e. The van der Waals surface area contributed by atoms with Gasteiger partial charge in [-0.05, 0) is 43.9 Å². The molecule has 170 valence electrons. The van der Waals surface area contributed by atoms with Crippen molar-refractivity contribution in [3.63, 3.8) is 0 Å². The van der Waals surface area contributed by atoms with Gasteiger partial charge in [0.25, 0.3) is 5.91 Å². The van der Waals surface area contributed by atoms with E-state index in [0.29, 0.717) is 40.5 Å².